The standard InChI is InChI=1S/C15H16BrN3O/c1-10-15(16)14(18(2)17-10)9-19-7-6-11-8-12(20-3)4-5-13(11)19/h4-8H,9H2,1-3H3. The number of hydrogen-bond acceptors (Lipinski definition) is 2. The molecule has 5 heteroatoms. The number of rotatable bonds is 3. The molecule has 3 rings (SSSR count). The largest absolute Gasteiger partial charge is 0.497 e. The lowest BCUT2D eigenvalue weighted by Crippen LogP contribution is -2.05. The number of hydrogen-bond donors (Lipinski definition) is 0. The Hall–Kier alpha value is -1.75. The van der Waals surface area contributed by atoms with Crippen LogP contribution in [0.5, 0.6) is 5.75 Å². The molecule has 0 aliphatic heterocycles. The van der Waals surface area contributed by atoms with Gasteiger partial charge in [0.25, 0.3) is 0 Å². The first-order valence-corrected chi connectivity index (χ1v) is 7.20. The second-order valence-corrected chi connectivity index (χ2v) is 5.63. The molecule has 0 spiro atoms. The summed E-state index contributed by atoms with van der Waals surface area (Å²) < 4.78 is 10.5. The van der Waals surface area contributed by atoms with E-state index in [0.717, 1.165) is 28.2 Å². The molecular formula is C15H16BrN3O. The van der Waals surface area contributed by atoms with Gasteiger partial charge in [0.2, 0.25) is 0 Å². The van der Waals surface area contributed by atoms with Crippen LogP contribution in [-0.2, 0) is 13.6 Å². The smallest absolute Gasteiger partial charge is 0.119 e. The molecule has 0 N–H and O–H groups in total. The topological polar surface area (TPSA) is 32.0 Å². The highest BCUT2D eigenvalue weighted by Gasteiger charge is 2.12. The van der Waals surface area contributed by atoms with Crippen molar-refractivity contribution < 1.29 is 4.74 Å². The van der Waals surface area contributed by atoms with E-state index in [1.54, 1.807) is 7.11 Å². The molecule has 3 aromatic rings. The number of aromatic nitrogens is 3. The van der Waals surface area contributed by atoms with Gasteiger partial charge in [-0.2, -0.15) is 5.10 Å². The Kier molecular flexibility index (Phi) is 3.30. The summed E-state index contributed by atoms with van der Waals surface area (Å²) in [6.07, 6.45) is 2.10. The van der Waals surface area contributed by atoms with E-state index in [4.69, 9.17) is 4.74 Å². The molecule has 104 valence electrons. The van der Waals surface area contributed by atoms with Crippen molar-refractivity contribution in [1.29, 1.82) is 0 Å². The molecule has 20 heavy (non-hydrogen) atoms. The SMILES string of the molecule is COc1ccc2c(ccn2Cc2c(Br)c(C)nn2C)c1. The Balaban J connectivity index is 2.03. The molecule has 0 atom stereocenters. The summed E-state index contributed by atoms with van der Waals surface area (Å²) in [7, 11) is 3.66. The third-order valence-electron chi connectivity index (χ3n) is 3.56. The minimum absolute atomic E-state index is 0.785. The first-order valence-electron chi connectivity index (χ1n) is 6.41. The molecule has 0 saturated heterocycles. The number of nitrogens with zero attached hydrogens (tertiary/aromatic N) is 3. The molecule has 2 aromatic heterocycles. The van der Waals surface area contributed by atoms with Crippen molar-refractivity contribution in [3.63, 3.8) is 0 Å². The number of benzene rings is 1. The average molecular weight is 334 g/mol. The zero-order valence-electron chi connectivity index (χ0n) is 11.7. The van der Waals surface area contributed by atoms with Gasteiger partial charge in [-0.1, -0.05) is 0 Å². The zero-order valence-corrected chi connectivity index (χ0v) is 13.3. The van der Waals surface area contributed by atoms with Gasteiger partial charge in [0.1, 0.15) is 5.75 Å². The van der Waals surface area contributed by atoms with E-state index in [1.807, 2.05) is 24.7 Å². The van der Waals surface area contributed by atoms with Crippen molar-refractivity contribution in [3.05, 3.63) is 46.3 Å². The molecule has 0 aliphatic rings. The van der Waals surface area contributed by atoms with Crippen LogP contribution in [-0.4, -0.2) is 21.5 Å². The second-order valence-electron chi connectivity index (χ2n) is 4.84. The van der Waals surface area contributed by atoms with Gasteiger partial charge in [0.15, 0.2) is 0 Å². The van der Waals surface area contributed by atoms with Gasteiger partial charge in [-0.05, 0) is 47.1 Å². The highest BCUT2D eigenvalue weighted by atomic mass is 79.9. The van der Waals surface area contributed by atoms with Crippen LogP contribution in [0.4, 0.5) is 0 Å². The fraction of sp³-hybridized carbons (Fsp3) is 0.267. The summed E-state index contributed by atoms with van der Waals surface area (Å²) in [5.74, 6) is 0.882. The Morgan fingerprint density at radius 2 is 2.10 bits per heavy atom. The van der Waals surface area contributed by atoms with Gasteiger partial charge in [0.05, 0.1) is 29.5 Å². The lowest BCUT2D eigenvalue weighted by atomic mass is 10.2. The summed E-state index contributed by atoms with van der Waals surface area (Å²) in [5.41, 5.74) is 3.37. The van der Waals surface area contributed by atoms with E-state index >= 15 is 0 Å². The maximum absolute atomic E-state index is 5.26. The Morgan fingerprint density at radius 3 is 2.75 bits per heavy atom. The van der Waals surface area contributed by atoms with Crippen molar-refractivity contribution in [1.82, 2.24) is 14.3 Å². The van der Waals surface area contributed by atoms with Crippen molar-refractivity contribution >= 4 is 26.8 Å². The molecule has 0 amide bonds. The maximum Gasteiger partial charge on any atom is 0.119 e. The summed E-state index contributed by atoms with van der Waals surface area (Å²) >= 11 is 3.62. The predicted octanol–water partition coefficient (Wildman–Crippen LogP) is 3.50. The number of methoxy groups -OCH3 is 1. The van der Waals surface area contributed by atoms with E-state index in [-0.39, 0.29) is 0 Å². The van der Waals surface area contributed by atoms with Crippen LogP contribution < -0.4 is 4.74 Å². The fourth-order valence-corrected chi connectivity index (χ4v) is 2.92. The molecule has 1 aromatic carbocycles. The molecule has 0 saturated carbocycles. The monoisotopic (exact) mass is 333 g/mol. The van der Waals surface area contributed by atoms with Crippen molar-refractivity contribution in [2.24, 2.45) is 7.05 Å². The lowest BCUT2D eigenvalue weighted by Gasteiger charge is -2.07. The molecule has 0 aliphatic carbocycles. The molecule has 0 radical (unpaired) electrons. The van der Waals surface area contributed by atoms with Crippen LogP contribution in [0.1, 0.15) is 11.4 Å². The predicted molar refractivity (Wildman–Crippen MR) is 83.2 cm³/mol. The van der Waals surface area contributed by atoms with E-state index in [9.17, 15) is 0 Å². The van der Waals surface area contributed by atoms with Crippen LogP contribution in [0, 0.1) is 6.92 Å². The number of aryl methyl sites for hydroxylation is 2. The van der Waals surface area contributed by atoms with Crippen molar-refractivity contribution in [3.8, 4) is 5.75 Å². The van der Waals surface area contributed by atoms with Gasteiger partial charge in [-0.15, -0.1) is 0 Å². The van der Waals surface area contributed by atoms with Gasteiger partial charge < -0.3 is 9.30 Å². The number of fused-ring (bicyclic) bond motifs is 1. The van der Waals surface area contributed by atoms with Gasteiger partial charge >= 0.3 is 0 Å². The molecular weight excluding hydrogens is 318 g/mol. The fourth-order valence-electron chi connectivity index (χ4n) is 2.46. The van der Waals surface area contributed by atoms with Crippen LogP contribution in [0.3, 0.4) is 0 Å². The Bertz CT molecular complexity index is 773. The number of halogens is 1. The average Bonchev–Trinajstić information content (AvgIpc) is 2.95. The van der Waals surface area contributed by atoms with E-state index in [1.165, 1.54) is 10.9 Å². The summed E-state index contributed by atoms with van der Waals surface area (Å²) in [6.45, 7) is 2.79. The summed E-state index contributed by atoms with van der Waals surface area (Å²) in [6, 6.07) is 8.23. The normalized spacial score (nSPS) is 11.2. The molecule has 0 fully saturated rings. The molecule has 0 bridgehead atoms. The van der Waals surface area contributed by atoms with Crippen molar-refractivity contribution in [2.75, 3.05) is 7.11 Å². The molecule has 0 unspecified atom stereocenters. The molecule has 2 heterocycles. The first kappa shape index (κ1) is 13.2. The summed E-state index contributed by atoms with van der Waals surface area (Å²) in [4.78, 5) is 0. The Labute approximate surface area is 126 Å². The minimum Gasteiger partial charge on any atom is -0.497 e. The van der Waals surface area contributed by atoms with Crippen LogP contribution >= 0.6 is 15.9 Å². The molecule has 4 nitrogen and oxygen atoms in total. The summed E-state index contributed by atoms with van der Waals surface area (Å²) in [5, 5.41) is 5.62. The van der Waals surface area contributed by atoms with E-state index in [2.05, 4.69) is 50.0 Å². The van der Waals surface area contributed by atoms with Gasteiger partial charge in [-0.3, -0.25) is 4.68 Å². The third-order valence-corrected chi connectivity index (χ3v) is 4.59. The highest BCUT2D eigenvalue weighted by molar-refractivity contribution is 9.10. The van der Waals surface area contributed by atoms with E-state index < -0.39 is 0 Å². The van der Waals surface area contributed by atoms with Crippen molar-refractivity contribution in [2.45, 2.75) is 13.5 Å². The van der Waals surface area contributed by atoms with Crippen LogP contribution in [0.2, 0.25) is 0 Å². The third kappa shape index (κ3) is 2.12. The van der Waals surface area contributed by atoms with Crippen LogP contribution in [0.25, 0.3) is 10.9 Å². The quantitative estimate of drug-likeness (QED) is 0.734. The first-order chi connectivity index (χ1) is 9.60. The second kappa shape index (κ2) is 4.98. The van der Waals surface area contributed by atoms with Gasteiger partial charge in [0, 0.05) is 24.1 Å². The minimum atomic E-state index is 0.785. The maximum atomic E-state index is 5.26. The number of ether oxygens (including phenoxy) is 1. The zero-order chi connectivity index (χ0) is 14.3. The Morgan fingerprint density at radius 1 is 1.30 bits per heavy atom. The highest BCUT2D eigenvalue weighted by Crippen LogP contribution is 2.25. The van der Waals surface area contributed by atoms with Crippen LogP contribution in [0.15, 0.2) is 34.9 Å². The van der Waals surface area contributed by atoms with Gasteiger partial charge in [-0.25, -0.2) is 0 Å². The lowest BCUT2D eigenvalue weighted by molar-refractivity contribution is 0.415. The van der Waals surface area contributed by atoms with E-state index in [0.29, 0.717) is 0 Å².